The summed E-state index contributed by atoms with van der Waals surface area (Å²) >= 11 is 3.23. The van der Waals surface area contributed by atoms with Gasteiger partial charge in [-0.1, -0.05) is 17.8 Å². The highest BCUT2D eigenvalue weighted by Crippen LogP contribution is 2.39. The Hall–Kier alpha value is -1.91. The van der Waals surface area contributed by atoms with Gasteiger partial charge in [0, 0.05) is 57.6 Å². The van der Waals surface area contributed by atoms with Crippen LogP contribution in [0, 0.1) is 0 Å². The van der Waals surface area contributed by atoms with Crippen molar-refractivity contribution in [3.8, 4) is 0 Å². The minimum absolute atomic E-state index is 0.100. The number of thioether (sulfide) groups is 1. The number of carbonyl (C=O) groups is 2. The molecule has 162 valence electrons. The fourth-order valence-electron chi connectivity index (χ4n) is 3.50. The predicted octanol–water partition coefficient (Wildman–Crippen LogP) is 1.59. The van der Waals surface area contributed by atoms with Crippen molar-refractivity contribution in [3.63, 3.8) is 0 Å². The molecule has 0 aromatic carbocycles. The van der Waals surface area contributed by atoms with Crippen LogP contribution in [0.25, 0.3) is 0 Å². The van der Waals surface area contributed by atoms with Crippen LogP contribution in [-0.4, -0.2) is 93.9 Å². The fourth-order valence-corrected chi connectivity index (χ4v) is 5.13. The van der Waals surface area contributed by atoms with Gasteiger partial charge in [0.15, 0.2) is 5.16 Å². The minimum Gasteiger partial charge on any atom is -0.348 e. The molecule has 1 aliphatic heterocycles. The van der Waals surface area contributed by atoms with E-state index >= 15 is 0 Å². The van der Waals surface area contributed by atoms with Gasteiger partial charge in [-0.15, -0.1) is 21.5 Å². The first-order chi connectivity index (χ1) is 14.5. The van der Waals surface area contributed by atoms with Gasteiger partial charge in [0.1, 0.15) is 5.82 Å². The Bertz CT molecular complexity index is 870. The topological polar surface area (TPSA) is 74.6 Å². The Labute approximate surface area is 185 Å². The van der Waals surface area contributed by atoms with E-state index in [1.165, 1.54) is 16.6 Å². The molecule has 3 heterocycles. The molecule has 0 unspecified atom stereocenters. The molecule has 2 aliphatic rings. The molecule has 2 fully saturated rings. The van der Waals surface area contributed by atoms with Crippen molar-refractivity contribution in [2.45, 2.75) is 30.5 Å². The smallest absolute Gasteiger partial charge is 0.236 e. The molecule has 0 bridgehead atoms. The summed E-state index contributed by atoms with van der Waals surface area (Å²) in [6.07, 6.45) is 3.11. The van der Waals surface area contributed by atoms with E-state index in [1.807, 2.05) is 4.90 Å². The summed E-state index contributed by atoms with van der Waals surface area (Å²) in [5.41, 5.74) is 0. The highest BCUT2D eigenvalue weighted by atomic mass is 32.2. The standard InChI is InChI=1S/C20H28N6O2S2/c1-23(2)18(27)13-24-7-9-25(10-8-24)19(28)14-30-20-22-21-17(26(20)15-5-6-15)12-16-4-3-11-29-16/h3-4,11,15H,5-10,12-14H2,1-2H3. The van der Waals surface area contributed by atoms with E-state index < -0.39 is 0 Å². The molecule has 2 aromatic rings. The SMILES string of the molecule is CN(C)C(=O)CN1CCN(C(=O)CSc2nnc(Cc3cccs3)n2C2CC2)CC1. The molecule has 0 radical (unpaired) electrons. The van der Waals surface area contributed by atoms with Crippen LogP contribution in [0.15, 0.2) is 22.7 Å². The van der Waals surface area contributed by atoms with Crippen LogP contribution >= 0.6 is 23.1 Å². The minimum atomic E-state index is 0.100. The number of amides is 2. The molecule has 2 amide bonds. The summed E-state index contributed by atoms with van der Waals surface area (Å²) in [5, 5.41) is 11.8. The van der Waals surface area contributed by atoms with Crippen molar-refractivity contribution in [2.24, 2.45) is 0 Å². The number of carbonyl (C=O) groups excluding carboxylic acids is 2. The van der Waals surface area contributed by atoms with Gasteiger partial charge in [-0.2, -0.15) is 0 Å². The largest absolute Gasteiger partial charge is 0.348 e. The maximum Gasteiger partial charge on any atom is 0.236 e. The van der Waals surface area contributed by atoms with E-state index in [-0.39, 0.29) is 11.8 Å². The summed E-state index contributed by atoms with van der Waals surface area (Å²) in [4.78, 5) is 31.5. The Morgan fingerprint density at radius 1 is 1.20 bits per heavy atom. The van der Waals surface area contributed by atoms with E-state index in [4.69, 9.17) is 0 Å². The Balaban J connectivity index is 1.29. The van der Waals surface area contributed by atoms with Crippen LogP contribution < -0.4 is 0 Å². The van der Waals surface area contributed by atoms with Gasteiger partial charge < -0.3 is 14.4 Å². The van der Waals surface area contributed by atoms with Gasteiger partial charge in [-0.3, -0.25) is 14.5 Å². The summed E-state index contributed by atoms with van der Waals surface area (Å²) in [7, 11) is 3.54. The van der Waals surface area contributed by atoms with Crippen molar-refractivity contribution in [2.75, 3.05) is 52.6 Å². The lowest BCUT2D eigenvalue weighted by atomic mass is 10.3. The van der Waals surface area contributed by atoms with Crippen LogP contribution in [0.5, 0.6) is 0 Å². The number of aromatic nitrogens is 3. The summed E-state index contributed by atoms with van der Waals surface area (Å²) in [6.45, 7) is 3.22. The first kappa shape index (κ1) is 21.3. The van der Waals surface area contributed by atoms with Crippen molar-refractivity contribution < 1.29 is 9.59 Å². The molecule has 30 heavy (non-hydrogen) atoms. The molecule has 2 aromatic heterocycles. The van der Waals surface area contributed by atoms with Crippen molar-refractivity contribution >= 4 is 34.9 Å². The van der Waals surface area contributed by atoms with Gasteiger partial charge >= 0.3 is 0 Å². The zero-order valence-electron chi connectivity index (χ0n) is 17.5. The number of piperazine rings is 1. The third-order valence-electron chi connectivity index (χ3n) is 5.47. The van der Waals surface area contributed by atoms with Crippen LogP contribution in [0.3, 0.4) is 0 Å². The van der Waals surface area contributed by atoms with E-state index in [0.717, 1.165) is 43.3 Å². The number of rotatable bonds is 8. The van der Waals surface area contributed by atoms with Crippen molar-refractivity contribution in [1.29, 1.82) is 0 Å². The van der Waals surface area contributed by atoms with Crippen molar-refractivity contribution in [3.05, 3.63) is 28.2 Å². The molecule has 1 saturated carbocycles. The molecular formula is C20H28N6O2S2. The first-order valence-electron chi connectivity index (χ1n) is 10.3. The van der Waals surface area contributed by atoms with E-state index in [1.54, 1.807) is 30.3 Å². The normalized spacial score (nSPS) is 17.3. The van der Waals surface area contributed by atoms with Crippen LogP contribution in [0.4, 0.5) is 0 Å². The van der Waals surface area contributed by atoms with Crippen LogP contribution in [0.2, 0.25) is 0 Å². The van der Waals surface area contributed by atoms with Gasteiger partial charge in [0.25, 0.3) is 0 Å². The Morgan fingerprint density at radius 2 is 1.97 bits per heavy atom. The molecule has 0 atom stereocenters. The molecule has 0 spiro atoms. The van der Waals surface area contributed by atoms with Gasteiger partial charge in [-0.25, -0.2) is 0 Å². The molecule has 1 aliphatic carbocycles. The van der Waals surface area contributed by atoms with Gasteiger partial charge in [0.2, 0.25) is 11.8 Å². The summed E-state index contributed by atoms with van der Waals surface area (Å²) < 4.78 is 2.24. The highest BCUT2D eigenvalue weighted by Gasteiger charge is 2.30. The quantitative estimate of drug-likeness (QED) is 0.571. The van der Waals surface area contributed by atoms with E-state index in [2.05, 4.69) is 37.2 Å². The molecule has 8 nitrogen and oxygen atoms in total. The number of hydrogen-bond acceptors (Lipinski definition) is 7. The summed E-state index contributed by atoms with van der Waals surface area (Å²) in [6, 6.07) is 4.66. The lowest BCUT2D eigenvalue weighted by molar-refractivity contribution is -0.132. The van der Waals surface area contributed by atoms with Crippen molar-refractivity contribution in [1.82, 2.24) is 29.5 Å². The number of likely N-dealkylation sites (N-methyl/N-ethyl adjacent to an activating group) is 1. The lowest BCUT2D eigenvalue weighted by Gasteiger charge is -2.34. The fraction of sp³-hybridized carbons (Fsp3) is 0.600. The Kier molecular flexibility index (Phi) is 6.74. The average molecular weight is 449 g/mol. The third-order valence-corrected chi connectivity index (χ3v) is 7.27. The zero-order chi connectivity index (χ0) is 21.1. The van der Waals surface area contributed by atoms with Crippen LogP contribution in [0.1, 0.15) is 29.6 Å². The highest BCUT2D eigenvalue weighted by molar-refractivity contribution is 7.99. The van der Waals surface area contributed by atoms with E-state index in [9.17, 15) is 9.59 Å². The predicted molar refractivity (Wildman–Crippen MR) is 118 cm³/mol. The zero-order valence-corrected chi connectivity index (χ0v) is 19.1. The second kappa shape index (κ2) is 9.49. The molecular weight excluding hydrogens is 420 g/mol. The van der Waals surface area contributed by atoms with E-state index in [0.29, 0.717) is 31.4 Å². The third kappa shape index (κ3) is 5.22. The molecule has 0 N–H and O–H groups in total. The van der Waals surface area contributed by atoms with Crippen LogP contribution in [-0.2, 0) is 16.0 Å². The summed E-state index contributed by atoms with van der Waals surface area (Å²) in [5.74, 6) is 1.60. The number of nitrogens with zero attached hydrogens (tertiary/aromatic N) is 6. The monoisotopic (exact) mass is 448 g/mol. The maximum atomic E-state index is 12.7. The second-order valence-corrected chi connectivity index (χ2v) is 9.96. The number of hydrogen-bond donors (Lipinski definition) is 0. The maximum absolute atomic E-state index is 12.7. The molecule has 4 rings (SSSR count). The average Bonchev–Trinajstić information content (AvgIpc) is 3.29. The Morgan fingerprint density at radius 3 is 2.60 bits per heavy atom. The molecule has 10 heteroatoms. The van der Waals surface area contributed by atoms with Gasteiger partial charge in [0.05, 0.1) is 12.3 Å². The second-order valence-electron chi connectivity index (χ2n) is 7.99. The number of thiophene rings is 1. The first-order valence-corrected chi connectivity index (χ1v) is 12.2. The van der Waals surface area contributed by atoms with Gasteiger partial charge in [-0.05, 0) is 24.3 Å². The lowest BCUT2D eigenvalue weighted by Crippen LogP contribution is -2.51. The molecule has 1 saturated heterocycles.